The number of nitrogens with one attached hydrogen (secondary N) is 1. The summed E-state index contributed by atoms with van der Waals surface area (Å²) in [5.74, 6) is -1.40. The van der Waals surface area contributed by atoms with Crippen molar-refractivity contribution in [3.63, 3.8) is 0 Å². The Balaban J connectivity index is 1.56. The van der Waals surface area contributed by atoms with Gasteiger partial charge >= 0.3 is 12.1 Å². The Morgan fingerprint density at radius 3 is 2.30 bits per heavy atom. The molecule has 0 aliphatic carbocycles. The predicted octanol–water partition coefficient (Wildman–Crippen LogP) is 3.46. The lowest BCUT2D eigenvalue weighted by Gasteiger charge is -2.36. The molecule has 12 heteroatoms. The number of carbonyl (C=O) groups is 4. The molecule has 1 atom stereocenters. The number of esters is 1. The number of pyridine rings is 1. The Bertz CT molecular complexity index is 1410. The summed E-state index contributed by atoms with van der Waals surface area (Å²) in [6.07, 6.45) is 2.92. The van der Waals surface area contributed by atoms with E-state index < -0.39 is 29.6 Å². The standard InChI is InChI=1S/C31H38N6O6/c1-5-42-30(41)36-18-16-35(17-19-36)29(40)24(12-13-27(38)43-31(2,3)4)34-28(39)26-21-23(37-15-9-14-32-37)20-25(33-26)22-10-7-6-8-11-22/h6-11,14-15,20-21,24H,5,12-13,16-19H2,1-4H3,(H,34,39)/t24-/m0/s1. The molecule has 1 aromatic carbocycles. The van der Waals surface area contributed by atoms with Gasteiger partial charge in [0, 0.05) is 50.6 Å². The van der Waals surface area contributed by atoms with E-state index in [9.17, 15) is 19.2 Å². The van der Waals surface area contributed by atoms with Gasteiger partial charge in [0.1, 0.15) is 17.3 Å². The molecule has 0 radical (unpaired) electrons. The number of aromatic nitrogens is 3. The van der Waals surface area contributed by atoms with Crippen LogP contribution < -0.4 is 5.32 Å². The van der Waals surface area contributed by atoms with Gasteiger partial charge in [-0.1, -0.05) is 30.3 Å². The van der Waals surface area contributed by atoms with E-state index in [1.54, 1.807) is 61.8 Å². The number of ether oxygens (including phenoxy) is 2. The van der Waals surface area contributed by atoms with E-state index in [1.807, 2.05) is 36.4 Å². The van der Waals surface area contributed by atoms with Crippen molar-refractivity contribution in [2.45, 2.75) is 52.2 Å². The highest BCUT2D eigenvalue weighted by atomic mass is 16.6. The lowest BCUT2D eigenvalue weighted by Crippen LogP contribution is -2.56. The second kappa shape index (κ2) is 14.0. The lowest BCUT2D eigenvalue weighted by molar-refractivity contribution is -0.155. The zero-order valence-electron chi connectivity index (χ0n) is 25.0. The van der Waals surface area contributed by atoms with Gasteiger partial charge in [-0.3, -0.25) is 14.4 Å². The number of piperazine rings is 1. The molecule has 0 saturated carbocycles. The van der Waals surface area contributed by atoms with E-state index in [1.165, 1.54) is 4.90 Å². The summed E-state index contributed by atoms with van der Waals surface area (Å²) in [6, 6.07) is 13.6. The number of amides is 3. The van der Waals surface area contributed by atoms with Crippen LogP contribution in [0.25, 0.3) is 16.9 Å². The van der Waals surface area contributed by atoms with Crippen LogP contribution >= 0.6 is 0 Å². The number of hydrogen-bond acceptors (Lipinski definition) is 8. The van der Waals surface area contributed by atoms with E-state index in [4.69, 9.17) is 9.47 Å². The average Bonchev–Trinajstić information content (AvgIpc) is 3.54. The Labute approximate surface area is 251 Å². The maximum Gasteiger partial charge on any atom is 0.409 e. The van der Waals surface area contributed by atoms with Gasteiger partial charge in [0.25, 0.3) is 5.91 Å². The van der Waals surface area contributed by atoms with E-state index in [-0.39, 0.29) is 44.1 Å². The van der Waals surface area contributed by atoms with Gasteiger partial charge in [0.15, 0.2) is 0 Å². The van der Waals surface area contributed by atoms with Crippen molar-refractivity contribution in [3.8, 4) is 16.9 Å². The zero-order chi connectivity index (χ0) is 31.0. The molecular weight excluding hydrogens is 552 g/mol. The summed E-state index contributed by atoms with van der Waals surface area (Å²) in [7, 11) is 0. The van der Waals surface area contributed by atoms with E-state index in [0.717, 1.165) is 5.56 Å². The second-order valence-corrected chi connectivity index (χ2v) is 11.1. The second-order valence-electron chi connectivity index (χ2n) is 11.1. The Kier molecular flexibility index (Phi) is 10.1. The van der Waals surface area contributed by atoms with Crippen molar-refractivity contribution in [3.05, 3.63) is 66.6 Å². The minimum atomic E-state index is -1.02. The first kappa shape index (κ1) is 31.2. The molecule has 1 aliphatic heterocycles. The minimum Gasteiger partial charge on any atom is -0.460 e. The van der Waals surface area contributed by atoms with Gasteiger partial charge in [0.2, 0.25) is 5.91 Å². The van der Waals surface area contributed by atoms with Crippen LogP contribution in [0, 0.1) is 0 Å². The minimum absolute atomic E-state index is 0.0297. The van der Waals surface area contributed by atoms with E-state index >= 15 is 0 Å². The third-order valence-electron chi connectivity index (χ3n) is 6.66. The van der Waals surface area contributed by atoms with Gasteiger partial charge in [-0.2, -0.15) is 5.10 Å². The first-order valence-corrected chi connectivity index (χ1v) is 14.3. The number of rotatable bonds is 9. The van der Waals surface area contributed by atoms with Crippen LogP contribution in [0.15, 0.2) is 60.9 Å². The van der Waals surface area contributed by atoms with Crippen LogP contribution in [0.4, 0.5) is 4.79 Å². The first-order valence-electron chi connectivity index (χ1n) is 14.3. The van der Waals surface area contributed by atoms with Crippen LogP contribution in [-0.4, -0.2) is 92.9 Å². The molecule has 3 heterocycles. The molecule has 1 aliphatic rings. The Hall–Kier alpha value is -4.74. The molecule has 4 rings (SSSR count). The summed E-state index contributed by atoms with van der Waals surface area (Å²) in [5.41, 5.74) is 1.39. The smallest absolute Gasteiger partial charge is 0.409 e. The third-order valence-corrected chi connectivity index (χ3v) is 6.66. The number of benzene rings is 1. The molecule has 0 unspecified atom stereocenters. The SMILES string of the molecule is CCOC(=O)N1CCN(C(=O)[C@H](CCC(=O)OC(C)(C)C)NC(=O)c2cc(-n3cccn3)cc(-c3ccccc3)n2)CC1. The molecule has 3 aromatic rings. The van der Waals surface area contributed by atoms with Gasteiger partial charge in [-0.15, -0.1) is 0 Å². The van der Waals surface area contributed by atoms with Crippen LogP contribution in [0.2, 0.25) is 0 Å². The third kappa shape index (κ3) is 8.63. The maximum absolute atomic E-state index is 13.7. The molecule has 3 amide bonds. The highest BCUT2D eigenvalue weighted by Gasteiger charge is 2.32. The fraction of sp³-hybridized carbons (Fsp3) is 0.419. The van der Waals surface area contributed by atoms with Crippen molar-refractivity contribution in [2.75, 3.05) is 32.8 Å². The van der Waals surface area contributed by atoms with Crippen LogP contribution in [0.5, 0.6) is 0 Å². The molecule has 0 bridgehead atoms. The molecule has 1 fully saturated rings. The largest absolute Gasteiger partial charge is 0.460 e. The van der Waals surface area contributed by atoms with Crippen molar-refractivity contribution in [1.29, 1.82) is 0 Å². The topological polar surface area (TPSA) is 136 Å². The summed E-state index contributed by atoms with van der Waals surface area (Å²) in [6.45, 7) is 8.42. The summed E-state index contributed by atoms with van der Waals surface area (Å²) in [4.78, 5) is 59.8. The molecule has 228 valence electrons. The monoisotopic (exact) mass is 590 g/mol. The molecular formula is C31H38N6O6. The van der Waals surface area contributed by atoms with Gasteiger partial charge in [-0.25, -0.2) is 14.5 Å². The van der Waals surface area contributed by atoms with Gasteiger partial charge < -0.3 is 24.6 Å². The predicted molar refractivity (Wildman–Crippen MR) is 158 cm³/mol. The van der Waals surface area contributed by atoms with Gasteiger partial charge in [0.05, 0.1) is 18.0 Å². The highest BCUT2D eigenvalue weighted by molar-refractivity contribution is 5.97. The fourth-order valence-corrected chi connectivity index (χ4v) is 4.63. The first-order chi connectivity index (χ1) is 20.5. The molecule has 1 N–H and O–H groups in total. The van der Waals surface area contributed by atoms with Crippen LogP contribution in [0.3, 0.4) is 0 Å². The fourth-order valence-electron chi connectivity index (χ4n) is 4.63. The molecule has 2 aromatic heterocycles. The summed E-state index contributed by atoms with van der Waals surface area (Å²) >= 11 is 0. The number of hydrogen-bond donors (Lipinski definition) is 1. The molecule has 43 heavy (non-hydrogen) atoms. The number of nitrogens with zero attached hydrogens (tertiary/aromatic N) is 5. The Morgan fingerprint density at radius 2 is 1.67 bits per heavy atom. The summed E-state index contributed by atoms with van der Waals surface area (Å²) < 4.78 is 12.1. The van der Waals surface area contributed by atoms with Crippen molar-refractivity contribution >= 4 is 23.9 Å². The molecule has 1 saturated heterocycles. The lowest BCUT2D eigenvalue weighted by atomic mass is 10.1. The Morgan fingerprint density at radius 1 is 0.977 bits per heavy atom. The van der Waals surface area contributed by atoms with E-state index in [0.29, 0.717) is 24.5 Å². The quantitative estimate of drug-likeness (QED) is 0.375. The number of carbonyl (C=O) groups excluding carboxylic acids is 4. The van der Waals surface area contributed by atoms with Crippen molar-refractivity contribution < 1.29 is 28.7 Å². The van der Waals surface area contributed by atoms with E-state index in [2.05, 4.69) is 15.4 Å². The van der Waals surface area contributed by atoms with Crippen LogP contribution in [-0.2, 0) is 19.1 Å². The zero-order valence-corrected chi connectivity index (χ0v) is 25.0. The normalized spacial score (nSPS) is 14.1. The maximum atomic E-state index is 13.7. The summed E-state index contributed by atoms with van der Waals surface area (Å²) in [5, 5.41) is 7.11. The average molecular weight is 591 g/mol. The highest BCUT2D eigenvalue weighted by Crippen LogP contribution is 2.21. The van der Waals surface area contributed by atoms with Crippen LogP contribution in [0.1, 0.15) is 51.0 Å². The van der Waals surface area contributed by atoms with Crippen molar-refractivity contribution in [2.24, 2.45) is 0 Å². The molecule has 12 nitrogen and oxygen atoms in total. The van der Waals surface area contributed by atoms with Crippen molar-refractivity contribution in [1.82, 2.24) is 29.9 Å². The molecule has 0 spiro atoms. The van der Waals surface area contributed by atoms with Gasteiger partial charge in [-0.05, 0) is 52.3 Å².